The van der Waals surface area contributed by atoms with Gasteiger partial charge in [-0.3, -0.25) is 9.59 Å². The molecule has 4 rings (SSSR count). The molecular formula is C22H23N3O5. The summed E-state index contributed by atoms with van der Waals surface area (Å²) in [6.45, 7) is 2.97. The fraction of sp³-hybridized carbons (Fsp3) is 0.318. The van der Waals surface area contributed by atoms with Crippen molar-refractivity contribution in [1.29, 1.82) is 0 Å². The van der Waals surface area contributed by atoms with Crippen LogP contribution in [-0.4, -0.2) is 37.5 Å². The van der Waals surface area contributed by atoms with Gasteiger partial charge in [0.2, 0.25) is 12.7 Å². The van der Waals surface area contributed by atoms with Gasteiger partial charge in [0.25, 0.3) is 5.91 Å². The Labute approximate surface area is 174 Å². The summed E-state index contributed by atoms with van der Waals surface area (Å²) in [5.41, 5.74) is 3.30. The van der Waals surface area contributed by atoms with Crippen LogP contribution in [0.4, 0.5) is 5.69 Å². The predicted molar refractivity (Wildman–Crippen MR) is 111 cm³/mol. The molecular weight excluding hydrogens is 386 g/mol. The number of hydrogen-bond donors (Lipinski definition) is 1. The monoisotopic (exact) mass is 409 g/mol. The molecule has 0 atom stereocenters. The zero-order valence-electron chi connectivity index (χ0n) is 16.7. The van der Waals surface area contributed by atoms with Crippen molar-refractivity contribution in [3.8, 4) is 11.5 Å². The number of hydrogen-bond acceptors (Lipinski definition) is 6. The van der Waals surface area contributed by atoms with Crippen molar-refractivity contribution >= 4 is 23.2 Å². The van der Waals surface area contributed by atoms with Crippen LogP contribution in [0.2, 0.25) is 0 Å². The number of anilines is 1. The molecule has 8 heteroatoms. The fourth-order valence-electron chi connectivity index (χ4n) is 3.33. The van der Waals surface area contributed by atoms with Crippen molar-refractivity contribution < 1.29 is 23.9 Å². The maximum atomic E-state index is 12.0. The van der Waals surface area contributed by atoms with Crippen molar-refractivity contribution in [3.05, 3.63) is 53.6 Å². The number of benzene rings is 2. The minimum Gasteiger partial charge on any atom is -0.454 e. The van der Waals surface area contributed by atoms with Crippen LogP contribution in [0.3, 0.4) is 0 Å². The molecule has 2 heterocycles. The van der Waals surface area contributed by atoms with E-state index in [-0.39, 0.29) is 25.2 Å². The van der Waals surface area contributed by atoms with Crippen molar-refractivity contribution in [2.45, 2.75) is 26.3 Å². The molecule has 2 aromatic carbocycles. The molecule has 1 fully saturated rings. The topological polar surface area (TPSA) is 89.5 Å². The van der Waals surface area contributed by atoms with E-state index in [1.807, 2.05) is 42.5 Å². The van der Waals surface area contributed by atoms with Gasteiger partial charge in [-0.2, -0.15) is 0 Å². The van der Waals surface area contributed by atoms with Crippen molar-refractivity contribution in [3.63, 3.8) is 0 Å². The van der Waals surface area contributed by atoms with Crippen LogP contribution in [0.1, 0.15) is 30.9 Å². The number of carbonyl (C=O) groups is 2. The number of carbonyl (C=O) groups excluding carboxylic acids is 2. The maximum Gasteiger partial charge on any atom is 0.261 e. The van der Waals surface area contributed by atoms with Crippen LogP contribution in [0.15, 0.2) is 47.6 Å². The average molecular weight is 409 g/mol. The predicted octanol–water partition coefficient (Wildman–Crippen LogP) is 2.60. The lowest BCUT2D eigenvalue weighted by molar-refractivity contribution is -0.125. The first-order valence-corrected chi connectivity index (χ1v) is 9.83. The highest BCUT2D eigenvalue weighted by Gasteiger charge is 2.21. The Hall–Kier alpha value is -3.55. The van der Waals surface area contributed by atoms with Gasteiger partial charge in [0.1, 0.15) is 0 Å². The first kappa shape index (κ1) is 19.8. The molecule has 0 unspecified atom stereocenters. The Bertz CT molecular complexity index is 971. The number of ether oxygens (including phenoxy) is 2. The molecule has 2 aliphatic heterocycles. The minimum absolute atomic E-state index is 0.157. The Morgan fingerprint density at radius 2 is 1.97 bits per heavy atom. The molecule has 2 amide bonds. The highest BCUT2D eigenvalue weighted by atomic mass is 16.7. The number of fused-ring (bicyclic) bond motifs is 1. The van der Waals surface area contributed by atoms with Gasteiger partial charge in [-0.05, 0) is 49.2 Å². The van der Waals surface area contributed by atoms with E-state index in [4.69, 9.17) is 14.3 Å². The first-order chi connectivity index (χ1) is 14.6. The highest BCUT2D eigenvalue weighted by Crippen LogP contribution is 2.32. The molecule has 2 aromatic rings. The lowest BCUT2D eigenvalue weighted by atomic mass is 10.1. The number of oxime groups is 1. The molecule has 156 valence electrons. The number of rotatable bonds is 7. The summed E-state index contributed by atoms with van der Waals surface area (Å²) in [5.74, 6) is 1.26. The van der Waals surface area contributed by atoms with Gasteiger partial charge in [-0.25, -0.2) is 0 Å². The normalized spacial score (nSPS) is 15.4. The van der Waals surface area contributed by atoms with Gasteiger partial charge in [-0.1, -0.05) is 17.3 Å². The molecule has 0 saturated carbocycles. The minimum atomic E-state index is -0.268. The van der Waals surface area contributed by atoms with Crippen LogP contribution in [0, 0.1) is 0 Å². The molecule has 30 heavy (non-hydrogen) atoms. The summed E-state index contributed by atoms with van der Waals surface area (Å²) in [4.78, 5) is 30.8. The maximum absolute atomic E-state index is 12.0. The standard InChI is InChI=1S/C22H23N3O5/c1-15(17-6-9-19-20(11-17)29-14-28-19)24-30-13-21(26)23-12-16-4-7-18(8-5-16)25-10-2-3-22(25)27/h4-9,11H,2-3,10,12-14H2,1H3,(H,23,26)/b24-15-. The summed E-state index contributed by atoms with van der Waals surface area (Å²) in [6.07, 6.45) is 1.50. The summed E-state index contributed by atoms with van der Waals surface area (Å²) in [5, 5.41) is 6.79. The smallest absolute Gasteiger partial charge is 0.261 e. The first-order valence-electron chi connectivity index (χ1n) is 9.83. The molecule has 1 N–H and O–H groups in total. The SMILES string of the molecule is C/C(=N/OCC(=O)NCc1ccc(N2CCCC2=O)cc1)c1ccc2c(c1)OCO2. The number of amides is 2. The largest absolute Gasteiger partial charge is 0.454 e. The number of nitrogens with one attached hydrogen (secondary N) is 1. The van der Waals surface area contributed by atoms with E-state index in [2.05, 4.69) is 10.5 Å². The van der Waals surface area contributed by atoms with Crippen LogP contribution < -0.4 is 19.7 Å². The zero-order valence-corrected chi connectivity index (χ0v) is 16.7. The van der Waals surface area contributed by atoms with Crippen LogP contribution in [0.25, 0.3) is 0 Å². The van der Waals surface area contributed by atoms with Crippen molar-refractivity contribution in [2.75, 3.05) is 24.8 Å². The third-order valence-corrected chi connectivity index (χ3v) is 5.00. The van der Waals surface area contributed by atoms with E-state index in [9.17, 15) is 9.59 Å². The van der Waals surface area contributed by atoms with Crippen LogP contribution >= 0.6 is 0 Å². The third kappa shape index (κ3) is 4.53. The van der Waals surface area contributed by atoms with Crippen molar-refractivity contribution in [2.24, 2.45) is 5.16 Å². The van der Waals surface area contributed by atoms with Crippen LogP contribution in [0.5, 0.6) is 11.5 Å². The summed E-state index contributed by atoms with van der Waals surface area (Å²) in [7, 11) is 0. The highest BCUT2D eigenvalue weighted by molar-refractivity contribution is 5.99. The molecule has 8 nitrogen and oxygen atoms in total. The Morgan fingerprint density at radius 3 is 2.73 bits per heavy atom. The van der Waals surface area contributed by atoms with Crippen molar-refractivity contribution in [1.82, 2.24) is 5.32 Å². The zero-order chi connectivity index (χ0) is 20.9. The molecule has 0 aromatic heterocycles. The van der Waals surface area contributed by atoms with E-state index in [1.54, 1.807) is 11.8 Å². The van der Waals surface area contributed by atoms with Gasteiger partial charge in [0.15, 0.2) is 18.1 Å². The molecule has 2 aliphatic rings. The summed E-state index contributed by atoms with van der Waals surface area (Å²) in [6, 6.07) is 13.1. The van der Waals surface area contributed by atoms with E-state index in [0.717, 1.165) is 29.8 Å². The average Bonchev–Trinajstić information content (AvgIpc) is 3.40. The van der Waals surface area contributed by atoms with E-state index in [1.165, 1.54) is 0 Å². The summed E-state index contributed by atoms with van der Waals surface area (Å²) < 4.78 is 10.6. The molecule has 0 bridgehead atoms. The van der Waals surface area contributed by atoms with Gasteiger partial charge in [0, 0.05) is 30.8 Å². The molecule has 1 saturated heterocycles. The van der Waals surface area contributed by atoms with E-state index in [0.29, 0.717) is 30.2 Å². The van der Waals surface area contributed by atoms with Crippen LogP contribution in [-0.2, 0) is 21.0 Å². The van der Waals surface area contributed by atoms with Gasteiger partial charge in [0.05, 0.1) is 5.71 Å². The second kappa shape index (κ2) is 8.86. The quantitative estimate of drug-likeness (QED) is 0.561. The Balaban J connectivity index is 1.23. The van der Waals surface area contributed by atoms with Gasteiger partial charge < -0.3 is 24.5 Å². The molecule has 0 aliphatic carbocycles. The van der Waals surface area contributed by atoms with Gasteiger partial charge >= 0.3 is 0 Å². The van der Waals surface area contributed by atoms with E-state index >= 15 is 0 Å². The second-order valence-corrected chi connectivity index (χ2v) is 7.11. The van der Waals surface area contributed by atoms with Gasteiger partial charge in [-0.15, -0.1) is 0 Å². The van der Waals surface area contributed by atoms with E-state index < -0.39 is 0 Å². The summed E-state index contributed by atoms with van der Waals surface area (Å²) >= 11 is 0. The fourth-order valence-corrected chi connectivity index (χ4v) is 3.33. The molecule has 0 spiro atoms. The second-order valence-electron chi connectivity index (χ2n) is 7.11. The third-order valence-electron chi connectivity index (χ3n) is 5.00. The lowest BCUT2D eigenvalue weighted by Crippen LogP contribution is -2.26. The molecule has 0 radical (unpaired) electrons. The number of nitrogens with zero attached hydrogens (tertiary/aromatic N) is 2. The Morgan fingerprint density at radius 1 is 1.17 bits per heavy atom. The Kier molecular flexibility index (Phi) is 5.83. The lowest BCUT2D eigenvalue weighted by Gasteiger charge is -2.16.